The van der Waals surface area contributed by atoms with Crippen LogP contribution < -0.4 is 0 Å². The van der Waals surface area contributed by atoms with E-state index >= 15 is 0 Å². The van der Waals surface area contributed by atoms with Crippen molar-refractivity contribution in [1.29, 1.82) is 0 Å². The van der Waals surface area contributed by atoms with E-state index < -0.39 is 6.10 Å². The van der Waals surface area contributed by atoms with Gasteiger partial charge in [0.2, 0.25) is 0 Å². The zero-order valence-corrected chi connectivity index (χ0v) is 45.6. The molecule has 1 atom stereocenters. The van der Waals surface area contributed by atoms with Crippen molar-refractivity contribution >= 4 is 17.9 Å². The number of allylic oxidation sites excluding steroid dienone is 12. The number of hydrogen-bond acceptors (Lipinski definition) is 6. The second kappa shape index (κ2) is 57.4. The van der Waals surface area contributed by atoms with E-state index in [0.29, 0.717) is 19.3 Å². The van der Waals surface area contributed by atoms with Crippen molar-refractivity contribution in [2.45, 2.75) is 297 Å². The fourth-order valence-electron chi connectivity index (χ4n) is 8.29. The van der Waals surface area contributed by atoms with Gasteiger partial charge in [0.05, 0.1) is 0 Å². The Morgan fingerprint density at radius 1 is 0.304 bits per heavy atom. The summed E-state index contributed by atoms with van der Waals surface area (Å²) in [4.78, 5) is 38.0. The Kier molecular flexibility index (Phi) is 54.8. The number of hydrogen-bond donors (Lipinski definition) is 0. The van der Waals surface area contributed by atoms with Gasteiger partial charge in [-0.05, 0) is 89.9 Å². The first-order valence-electron chi connectivity index (χ1n) is 29.4. The first-order valence-corrected chi connectivity index (χ1v) is 29.4. The van der Waals surface area contributed by atoms with E-state index in [4.69, 9.17) is 14.2 Å². The summed E-state index contributed by atoms with van der Waals surface area (Å²) in [6.07, 6.45) is 73.5. The van der Waals surface area contributed by atoms with Gasteiger partial charge in [-0.2, -0.15) is 0 Å². The van der Waals surface area contributed by atoms with Crippen LogP contribution in [0.3, 0.4) is 0 Å². The maximum absolute atomic E-state index is 12.8. The molecule has 0 aliphatic rings. The van der Waals surface area contributed by atoms with Gasteiger partial charge in [-0.15, -0.1) is 0 Å². The molecule has 0 spiro atoms. The van der Waals surface area contributed by atoms with Crippen molar-refractivity contribution in [3.05, 3.63) is 72.9 Å². The van der Waals surface area contributed by atoms with Gasteiger partial charge in [0.1, 0.15) is 13.2 Å². The molecule has 0 rings (SSSR count). The lowest BCUT2D eigenvalue weighted by Gasteiger charge is -2.18. The maximum Gasteiger partial charge on any atom is 0.306 e. The van der Waals surface area contributed by atoms with Crippen molar-refractivity contribution < 1.29 is 28.6 Å². The van der Waals surface area contributed by atoms with Gasteiger partial charge < -0.3 is 14.2 Å². The Morgan fingerprint density at radius 3 is 0.899 bits per heavy atom. The quantitative estimate of drug-likeness (QED) is 0.0262. The molecule has 0 N–H and O–H groups in total. The van der Waals surface area contributed by atoms with E-state index in [9.17, 15) is 14.4 Å². The predicted molar refractivity (Wildman–Crippen MR) is 298 cm³/mol. The average molecular weight is 964 g/mol. The first-order chi connectivity index (χ1) is 34.0. The molecular weight excluding hydrogens is 853 g/mol. The fourth-order valence-corrected chi connectivity index (χ4v) is 8.29. The van der Waals surface area contributed by atoms with Crippen molar-refractivity contribution in [2.24, 2.45) is 0 Å². The van der Waals surface area contributed by atoms with Gasteiger partial charge in [-0.25, -0.2) is 0 Å². The van der Waals surface area contributed by atoms with Crippen molar-refractivity contribution in [2.75, 3.05) is 13.2 Å². The Labute approximate surface area is 427 Å². The highest BCUT2D eigenvalue weighted by Crippen LogP contribution is 2.16. The van der Waals surface area contributed by atoms with Gasteiger partial charge in [0, 0.05) is 19.3 Å². The largest absolute Gasteiger partial charge is 0.462 e. The molecule has 0 fully saturated rings. The summed E-state index contributed by atoms with van der Waals surface area (Å²) >= 11 is 0. The minimum atomic E-state index is -0.787. The number of carbonyl (C=O) groups is 3. The van der Waals surface area contributed by atoms with Crippen LogP contribution in [0.25, 0.3) is 0 Å². The highest BCUT2D eigenvalue weighted by molar-refractivity contribution is 5.71. The van der Waals surface area contributed by atoms with E-state index in [1.54, 1.807) is 0 Å². The molecule has 6 heteroatoms. The first kappa shape index (κ1) is 65.8. The smallest absolute Gasteiger partial charge is 0.306 e. The summed E-state index contributed by atoms with van der Waals surface area (Å²) in [6.45, 7) is 6.48. The molecule has 0 aliphatic carbocycles. The van der Waals surface area contributed by atoms with Crippen LogP contribution in [-0.4, -0.2) is 37.2 Å². The summed E-state index contributed by atoms with van der Waals surface area (Å²) in [6, 6.07) is 0. The van der Waals surface area contributed by atoms with E-state index in [2.05, 4.69) is 93.7 Å². The topological polar surface area (TPSA) is 78.9 Å². The molecule has 0 aromatic carbocycles. The van der Waals surface area contributed by atoms with Crippen LogP contribution >= 0.6 is 0 Å². The summed E-state index contributed by atoms with van der Waals surface area (Å²) in [7, 11) is 0. The van der Waals surface area contributed by atoms with Gasteiger partial charge >= 0.3 is 17.9 Å². The van der Waals surface area contributed by atoms with Crippen LogP contribution in [0.1, 0.15) is 290 Å². The van der Waals surface area contributed by atoms with Gasteiger partial charge in [-0.1, -0.05) is 254 Å². The molecular formula is C63H110O6. The lowest BCUT2D eigenvalue weighted by Crippen LogP contribution is -2.30. The second-order valence-corrected chi connectivity index (χ2v) is 19.5. The molecule has 0 radical (unpaired) electrons. The van der Waals surface area contributed by atoms with Crippen molar-refractivity contribution in [1.82, 2.24) is 0 Å². The highest BCUT2D eigenvalue weighted by atomic mass is 16.6. The Hall–Kier alpha value is -3.15. The van der Waals surface area contributed by atoms with Gasteiger partial charge in [0.25, 0.3) is 0 Å². The third kappa shape index (κ3) is 55.6. The monoisotopic (exact) mass is 963 g/mol. The van der Waals surface area contributed by atoms with Crippen LogP contribution in [0, 0.1) is 0 Å². The maximum atomic E-state index is 12.8. The number of esters is 3. The lowest BCUT2D eigenvalue weighted by molar-refractivity contribution is -0.167. The zero-order valence-electron chi connectivity index (χ0n) is 45.6. The fraction of sp³-hybridized carbons (Fsp3) is 0.762. The summed E-state index contributed by atoms with van der Waals surface area (Å²) in [5.74, 6) is -0.912. The van der Waals surface area contributed by atoms with Crippen LogP contribution in [0.15, 0.2) is 72.9 Å². The Balaban J connectivity index is 4.13. The number of unbranched alkanes of at least 4 members (excludes halogenated alkanes) is 30. The molecule has 0 amide bonds. The average Bonchev–Trinajstić information content (AvgIpc) is 3.35. The highest BCUT2D eigenvalue weighted by Gasteiger charge is 2.19. The summed E-state index contributed by atoms with van der Waals surface area (Å²) < 4.78 is 16.8. The molecule has 69 heavy (non-hydrogen) atoms. The van der Waals surface area contributed by atoms with Crippen LogP contribution in [0.4, 0.5) is 0 Å². The molecule has 0 aliphatic heterocycles. The third-order valence-electron chi connectivity index (χ3n) is 12.7. The van der Waals surface area contributed by atoms with E-state index in [-0.39, 0.29) is 31.1 Å². The van der Waals surface area contributed by atoms with Gasteiger partial charge in [0.15, 0.2) is 6.10 Å². The van der Waals surface area contributed by atoms with E-state index in [1.807, 2.05) is 0 Å². The Bertz CT molecular complexity index is 1290. The molecule has 0 saturated carbocycles. The minimum absolute atomic E-state index is 0.0851. The molecule has 0 saturated heterocycles. The standard InChI is InChI=1S/C63H110O6/c1-4-7-10-13-16-19-21-23-24-25-26-27-28-29-30-31-32-33-34-35-36-37-38-40-41-44-47-50-53-56-62(65)68-59-60(58-67-61(64)55-52-49-46-43-18-15-12-9-6-3)69-63(66)57-54-51-48-45-42-39-22-20-17-14-11-8-5-2/h8,11,17,20-21,23,25-26,28-29,39,42,60H,4-7,9-10,12-16,18-19,22,24,27,30-38,40-41,43-59H2,1-3H3/b11-8-,20-17-,23-21-,26-25-,29-28-,42-39-. The van der Waals surface area contributed by atoms with Gasteiger partial charge in [-0.3, -0.25) is 14.4 Å². The SMILES string of the molecule is CC/C=C\C/C=C\C/C=C\CCCCCC(=O)OC(COC(=O)CCCCCCCCCCC)COC(=O)CCCCCCCCCCCCCCCC/C=C\C/C=C\C/C=C\CCCCCCC. The molecule has 0 heterocycles. The lowest BCUT2D eigenvalue weighted by atomic mass is 10.0. The molecule has 0 aromatic rings. The number of carbonyl (C=O) groups excluding carboxylic acids is 3. The van der Waals surface area contributed by atoms with Crippen molar-refractivity contribution in [3.8, 4) is 0 Å². The van der Waals surface area contributed by atoms with Crippen LogP contribution in [-0.2, 0) is 28.6 Å². The second-order valence-electron chi connectivity index (χ2n) is 19.5. The molecule has 0 aromatic heterocycles. The number of ether oxygens (including phenoxy) is 3. The van der Waals surface area contributed by atoms with E-state index in [1.165, 1.54) is 154 Å². The van der Waals surface area contributed by atoms with Crippen molar-refractivity contribution in [3.63, 3.8) is 0 Å². The van der Waals surface area contributed by atoms with E-state index in [0.717, 1.165) is 96.3 Å². The molecule has 398 valence electrons. The number of rotatable bonds is 53. The zero-order chi connectivity index (χ0) is 50.0. The summed E-state index contributed by atoms with van der Waals surface area (Å²) in [5.41, 5.74) is 0. The minimum Gasteiger partial charge on any atom is -0.462 e. The molecule has 1 unspecified atom stereocenters. The van der Waals surface area contributed by atoms with Crippen LogP contribution in [0.2, 0.25) is 0 Å². The molecule has 0 bridgehead atoms. The normalized spacial score (nSPS) is 12.6. The Morgan fingerprint density at radius 2 is 0.565 bits per heavy atom. The predicted octanol–water partition coefficient (Wildman–Crippen LogP) is 19.8. The summed E-state index contributed by atoms with van der Waals surface area (Å²) in [5, 5.41) is 0. The third-order valence-corrected chi connectivity index (χ3v) is 12.7. The van der Waals surface area contributed by atoms with Crippen LogP contribution in [0.5, 0.6) is 0 Å². The molecule has 6 nitrogen and oxygen atoms in total.